The summed E-state index contributed by atoms with van der Waals surface area (Å²) in [4.78, 5) is 13.6. The highest BCUT2D eigenvalue weighted by Crippen LogP contribution is 2.52. The van der Waals surface area contributed by atoms with E-state index in [4.69, 9.17) is 28.3 Å². The van der Waals surface area contributed by atoms with Crippen LogP contribution in [0, 0.1) is 17.2 Å². The molecule has 7 heteroatoms. The number of carbonyl (C=O) groups excluding carboxylic acids is 1. The normalized spacial score (nSPS) is 24.9. The zero-order chi connectivity index (χ0) is 25.6. The largest absolute Gasteiger partial charge is 0.394 e. The summed E-state index contributed by atoms with van der Waals surface area (Å²) in [6.45, 7) is 3.89. The minimum atomic E-state index is -1.02. The summed E-state index contributed by atoms with van der Waals surface area (Å²) in [6.07, 6.45) is 1.91. The average molecular weight is 517 g/mol. The molecule has 0 radical (unpaired) electrons. The Morgan fingerprint density at radius 2 is 1.83 bits per heavy atom. The molecule has 1 saturated heterocycles. The van der Waals surface area contributed by atoms with Gasteiger partial charge in [-0.15, -0.1) is 0 Å². The monoisotopic (exact) mass is 516 g/mol. The third kappa shape index (κ3) is 5.74. The lowest BCUT2D eigenvalue weighted by Crippen LogP contribution is -2.46. The smallest absolute Gasteiger partial charge is 0.150 e. The zero-order valence-electron chi connectivity index (χ0n) is 20.3. The van der Waals surface area contributed by atoms with E-state index in [0.29, 0.717) is 22.9 Å². The van der Waals surface area contributed by atoms with Crippen LogP contribution in [0.25, 0.3) is 0 Å². The Balaban J connectivity index is 2.16. The average Bonchev–Trinajstić information content (AvgIpc) is 3.21. The van der Waals surface area contributed by atoms with Crippen LogP contribution in [-0.4, -0.2) is 40.8 Å². The second-order valence-corrected chi connectivity index (χ2v) is 10.3. The van der Waals surface area contributed by atoms with Crippen molar-refractivity contribution in [1.82, 2.24) is 5.32 Å². The number of hydrogen-bond acceptors (Lipinski definition) is 5. The molecule has 1 aliphatic heterocycles. The minimum Gasteiger partial charge on any atom is -0.394 e. The first kappa shape index (κ1) is 27.6. The number of aliphatic hydroxyl groups is 2. The van der Waals surface area contributed by atoms with Crippen molar-refractivity contribution >= 4 is 29.0 Å². The number of halogens is 2. The maximum Gasteiger partial charge on any atom is 0.150 e. The molecule has 0 amide bonds. The summed E-state index contributed by atoms with van der Waals surface area (Å²) in [6, 6.07) is 16.6. The Bertz CT molecular complexity index is 1040. The number of hydrogen-bond donors (Lipinski definition) is 3. The van der Waals surface area contributed by atoms with Crippen LogP contribution >= 0.6 is 23.2 Å². The minimum absolute atomic E-state index is 0.0119. The molecule has 2 aromatic carbocycles. The van der Waals surface area contributed by atoms with Crippen LogP contribution in [0.15, 0.2) is 48.5 Å². The van der Waals surface area contributed by atoms with Crippen LogP contribution < -0.4 is 5.32 Å². The molecule has 0 unspecified atom stereocenters. The Morgan fingerprint density at radius 1 is 1.14 bits per heavy atom. The van der Waals surface area contributed by atoms with E-state index < -0.39 is 23.5 Å². The molecule has 1 fully saturated rings. The molecule has 0 bridgehead atoms. The molecule has 188 valence electrons. The highest BCUT2D eigenvalue weighted by atomic mass is 35.5. The number of benzene rings is 2. The molecule has 1 aliphatic rings. The van der Waals surface area contributed by atoms with Crippen molar-refractivity contribution in [2.75, 3.05) is 6.61 Å². The van der Waals surface area contributed by atoms with Crippen LogP contribution in [0.2, 0.25) is 10.0 Å². The number of ketones is 1. The summed E-state index contributed by atoms with van der Waals surface area (Å²) in [5.74, 6) is -0.309. The van der Waals surface area contributed by atoms with Crippen LogP contribution in [0.3, 0.4) is 0 Å². The summed E-state index contributed by atoms with van der Waals surface area (Å²) < 4.78 is 0. The van der Waals surface area contributed by atoms with Crippen molar-refractivity contribution in [2.24, 2.45) is 5.92 Å². The first-order valence-electron chi connectivity index (χ1n) is 12.3. The van der Waals surface area contributed by atoms with Crippen molar-refractivity contribution in [3.05, 3.63) is 69.7 Å². The molecule has 0 aromatic heterocycles. The van der Waals surface area contributed by atoms with Gasteiger partial charge in [0, 0.05) is 28.4 Å². The van der Waals surface area contributed by atoms with Crippen LogP contribution in [0.5, 0.6) is 0 Å². The number of nitrogens with one attached hydrogen (secondary N) is 1. The molecule has 0 aliphatic carbocycles. The van der Waals surface area contributed by atoms with E-state index in [1.165, 1.54) is 0 Å². The molecule has 3 N–H and O–H groups in total. The summed E-state index contributed by atoms with van der Waals surface area (Å²) in [5, 5.41) is 34.5. The lowest BCUT2D eigenvalue weighted by Gasteiger charge is -2.38. The predicted octanol–water partition coefficient (Wildman–Crippen LogP) is 5.41. The molecule has 5 atom stereocenters. The van der Waals surface area contributed by atoms with Gasteiger partial charge in [-0.05, 0) is 54.2 Å². The van der Waals surface area contributed by atoms with Gasteiger partial charge in [0.1, 0.15) is 11.2 Å². The third-order valence-corrected chi connectivity index (χ3v) is 7.91. The maximum absolute atomic E-state index is 13.6. The zero-order valence-corrected chi connectivity index (χ0v) is 21.8. The number of Topliss-reactive ketones (excluding diaryl/α,β-unsaturated/α-hetero) is 1. The predicted molar refractivity (Wildman–Crippen MR) is 140 cm³/mol. The number of nitrogens with zero attached hydrogens (tertiary/aromatic N) is 1. The first-order chi connectivity index (χ1) is 16.8. The quantitative estimate of drug-likeness (QED) is 0.371. The fraction of sp³-hybridized carbons (Fsp3) is 0.500. The van der Waals surface area contributed by atoms with Gasteiger partial charge in [-0.1, -0.05) is 74.2 Å². The second kappa shape index (κ2) is 12.3. The summed E-state index contributed by atoms with van der Waals surface area (Å²) in [5.41, 5.74) is 0.644. The van der Waals surface area contributed by atoms with E-state index in [1.807, 2.05) is 30.3 Å². The number of nitriles is 1. The molecule has 1 heterocycles. The van der Waals surface area contributed by atoms with Crippen LogP contribution in [0.1, 0.15) is 63.0 Å². The van der Waals surface area contributed by atoms with Crippen molar-refractivity contribution in [1.29, 1.82) is 5.26 Å². The molecule has 35 heavy (non-hydrogen) atoms. The summed E-state index contributed by atoms with van der Waals surface area (Å²) >= 11 is 12.6. The highest BCUT2D eigenvalue weighted by molar-refractivity contribution is 6.30. The Kier molecular flexibility index (Phi) is 9.75. The van der Waals surface area contributed by atoms with E-state index in [2.05, 4.69) is 25.2 Å². The Morgan fingerprint density at radius 3 is 2.40 bits per heavy atom. The van der Waals surface area contributed by atoms with Crippen molar-refractivity contribution < 1.29 is 15.0 Å². The van der Waals surface area contributed by atoms with Gasteiger partial charge < -0.3 is 15.5 Å². The standard InChI is InChI=1S/C28H34Cl2N2O3/c1-3-18(4-2)27-28(17-31,20-11-13-21(29)14-12-20)25(19-7-5-8-22(30)15-19)26(32-27)24(35)10-6-9-23(34)16-33/h5,7-8,11-15,18,23,25-27,32-34H,3-4,6,9-10,16H2,1-2H3/t23-,25-,26-,27+,28+/m0/s1. The van der Waals surface area contributed by atoms with Crippen molar-refractivity contribution in [2.45, 2.75) is 75.5 Å². The lowest BCUT2D eigenvalue weighted by molar-refractivity contribution is -0.121. The molecule has 3 rings (SSSR count). The number of carbonyl (C=O) groups is 1. The molecular weight excluding hydrogens is 483 g/mol. The van der Waals surface area contributed by atoms with Crippen molar-refractivity contribution in [3.63, 3.8) is 0 Å². The Labute approximate surface area is 218 Å². The fourth-order valence-corrected chi connectivity index (χ4v) is 5.95. The Hall–Kier alpha value is -1.94. The first-order valence-corrected chi connectivity index (χ1v) is 13.1. The molecule has 0 spiro atoms. The van der Waals surface area contributed by atoms with Crippen LogP contribution in [0.4, 0.5) is 0 Å². The highest BCUT2D eigenvalue weighted by Gasteiger charge is 2.60. The molecule has 5 nitrogen and oxygen atoms in total. The van der Waals surface area contributed by atoms with Crippen LogP contribution in [-0.2, 0) is 10.2 Å². The fourth-order valence-electron chi connectivity index (χ4n) is 5.63. The lowest BCUT2D eigenvalue weighted by atomic mass is 9.62. The molecule has 2 aromatic rings. The van der Waals surface area contributed by atoms with Gasteiger partial charge in [-0.25, -0.2) is 0 Å². The van der Waals surface area contributed by atoms with E-state index >= 15 is 0 Å². The van der Waals surface area contributed by atoms with Gasteiger partial charge in [0.2, 0.25) is 0 Å². The van der Waals surface area contributed by atoms with E-state index in [-0.39, 0.29) is 30.8 Å². The molecule has 0 saturated carbocycles. The number of aliphatic hydroxyl groups excluding tert-OH is 2. The maximum atomic E-state index is 13.6. The van der Waals surface area contributed by atoms with Gasteiger partial charge in [-0.2, -0.15) is 5.26 Å². The van der Waals surface area contributed by atoms with Gasteiger partial charge in [0.15, 0.2) is 0 Å². The summed E-state index contributed by atoms with van der Waals surface area (Å²) in [7, 11) is 0. The SMILES string of the molecule is CCC(CC)[C@H]1N[C@@H](C(=O)CCC[C@H](O)CO)[C@H](c2cccc(Cl)c2)[C@@]1(C#N)c1ccc(Cl)cc1. The van der Waals surface area contributed by atoms with Gasteiger partial charge >= 0.3 is 0 Å². The number of rotatable bonds is 11. The molecular formula is C28H34Cl2N2O3. The van der Waals surface area contributed by atoms with Gasteiger partial charge in [0.05, 0.1) is 24.8 Å². The van der Waals surface area contributed by atoms with E-state index in [1.54, 1.807) is 18.2 Å². The van der Waals surface area contributed by atoms with Gasteiger partial charge in [0.25, 0.3) is 0 Å². The third-order valence-electron chi connectivity index (χ3n) is 7.43. The van der Waals surface area contributed by atoms with Gasteiger partial charge in [-0.3, -0.25) is 4.79 Å². The van der Waals surface area contributed by atoms with E-state index in [9.17, 15) is 15.2 Å². The second-order valence-electron chi connectivity index (χ2n) is 9.41. The van der Waals surface area contributed by atoms with Crippen molar-refractivity contribution in [3.8, 4) is 6.07 Å². The van der Waals surface area contributed by atoms with E-state index in [0.717, 1.165) is 24.0 Å². The topological polar surface area (TPSA) is 93.3 Å².